The molecule has 2 unspecified atom stereocenters. The smallest absolute Gasteiger partial charge is 0.267 e. The largest absolute Gasteiger partial charge is 0.482 e. The normalized spacial score (nSPS) is 21.5. The summed E-state index contributed by atoms with van der Waals surface area (Å²) in [5, 5.41) is 1.19. The summed E-state index contributed by atoms with van der Waals surface area (Å²) in [5.41, 5.74) is 3.57. The number of fused-ring (bicyclic) bond motifs is 4. The van der Waals surface area contributed by atoms with Crippen LogP contribution in [0.15, 0.2) is 48.5 Å². The molecule has 0 radical (unpaired) electrons. The molecule has 26 heavy (non-hydrogen) atoms. The van der Waals surface area contributed by atoms with Crippen LogP contribution in [-0.2, 0) is 17.8 Å². The van der Waals surface area contributed by atoms with Crippen LogP contribution >= 0.6 is 0 Å². The topological polar surface area (TPSA) is 54.6 Å². The van der Waals surface area contributed by atoms with Crippen molar-refractivity contribution in [3.63, 3.8) is 0 Å². The Balaban J connectivity index is 1.42. The van der Waals surface area contributed by atoms with Gasteiger partial charge in [-0.25, -0.2) is 0 Å². The minimum absolute atomic E-state index is 0.0112. The predicted molar refractivity (Wildman–Crippen MR) is 98.4 cm³/mol. The molecule has 1 aromatic heterocycles. The predicted octanol–water partition coefficient (Wildman–Crippen LogP) is 3.28. The third kappa shape index (κ3) is 2.35. The standard InChI is InChI=1S/C21H20N2O3/c1-13-20(26-19-9-5-4-8-18(19)25-13)21(24)23-11-10-17-15(12-23)14-6-2-3-7-16(14)22-17/h2-9,13,20,22H,10-12H2,1H3. The van der Waals surface area contributed by atoms with Gasteiger partial charge in [-0.2, -0.15) is 0 Å². The fourth-order valence-electron chi connectivity index (χ4n) is 3.93. The summed E-state index contributed by atoms with van der Waals surface area (Å²) in [4.78, 5) is 18.5. The second-order valence-electron chi connectivity index (χ2n) is 6.95. The van der Waals surface area contributed by atoms with Crippen LogP contribution in [0.3, 0.4) is 0 Å². The van der Waals surface area contributed by atoms with Gasteiger partial charge in [-0.1, -0.05) is 30.3 Å². The van der Waals surface area contributed by atoms with E-state index in [-0.39, 0.29) is 12.0 Å². The molecule has 2 aliphatic rings. The van der Waals surface area contributed by atoms with Crippen LogP contribution in [0.1, 0.15) is 18.2 Å². The number of amides is 1. The molecule has 0 bridgehead atoms. The van der Waals surface area contributed by atoms with Crippen LogP contribution in [0.4, 0.5) is 0 Å². The van der Waals surface area contributed by atoms with Gasteiger partial charge in [0.25, 0.3) is 5.91 Å². The van der Waals surface area contributed by atoms with Gasteiger partial charge in [-0.15, -0.1) is 0 Å². The van der Waals surface area contributed by atoms with Gasteiger partial charge in [0, 0.05) is 41.7 Å². The number of ether oxygens (including phenoxy) is 2. The van der Waals surface area contributed by atoms with Gasteiger partial charge in [0.1, 0.15) is 6.10 Å². The SMILES string of the molecule is CC1Oc2ccccc2OC1C(=O)N1CCc2[nH]c3ccccc3c2C1. The Morgan fingerprint density at radius 2 is 1.81 bits per heavy atom. The second kappa shape index (κ2) is 5.80. The molecule has 3 aromatic rings. The summed E-state index contributed by atoms with van der Waals surface area (Å²) in [5.74, 6) is 1.32. The first-order valence-electron chi connectivity index (χ1n) is 9.00. The lowest BCUT2D eigenvalue weighted by molar-refractivity contribution is -0.145. The molecule has 2 atom stereocenters. The van der Waals surface area contributed by atoms with E-state index in [2.05, 4.69) is 17.1 Å². The van der Waals surface area contributed by atoms with Crippen molar-refractivity contribution in [1.29, 1.82) is 0 Å². The van der Waals surface area contributed by atoms with Gasteiger partial charge in [0.15, 0.2) is 11.5 Å². The molecular weight excluding hydrogens is 328 g/mol. The monoisotopic (exact) mass is 348 g/mol. The van der Waals surface area contributed by atoms with Crippen LogP contribution in [0.25, 0.3) is 10.9 Å². The molecule has 0 aliphatic carbocycles. The highest BCUT2D eigenvalue weighted by atomic mass is 16.6. The summed E-state index contributed by atoms with van der Waals surface area (Å²) in [6.45, 7) is 3.18. The number of nitrogens with zero attached hydrogens (tertiary/aromatic N) is 1. The first-order chi connectivity index (χ1) is 12.7. The van der Waals surface area contributed by atoms with Crippen molar-refractivity contribution in [2.45, 2.75) is 32.1 Å². The Morgan fingerprint density at radius 1 is 1.08 bits per heavy atom. The number of hydrogen-bond donors (Lipinski definition) is 1. The molecule has 0 spiro atoms. The molecule has 5 nitrogen and oxygen atoms in total. The molecule has 0 fully saturated rings. The van der Waals surface area contributed by atoms with Crippen molar-refractivity contribution in [2.24, 2.45) is 0 Å². The van der Waals surface area contributed by atoms with Gasteiger partial charge in [-0.05, 0) is 25.1 Å². The molecule has 2 aromatic carbocycles. The lowest BCUT2D eigenvalue weighted by atomic mass is 10.0. The van der Waals surface area contributed by atoms with Gasteiger partial charge >= 0.3 is 0 Å². The summed E-state index contributed by atoms with van der Waals surface area (Å²) in [7, 11) is 0. The van der Waals surface area contributed by atoms with Crippen molar-refractivity contribution in [1.82, 2.24) is 9.88 Å². The third-order valence-corrected chi connectivity index (χ3v) is 5.28. The second-order valence-corrected chi connectivity index (χ2v) is 6.95. The first kappa shape index (κ1) is 15.3. The fourth-order valence-corrected chi connectivity index (χ4v) is 3.93. The van der Waals surface area contributed by atoms with Gasteiger partial charge < -0.3 is 19.4 Å². The van der Waals surface area contributed by atoms with Crippen LogP contribution in [0, 0.1) is 0 Å². The Kier molecular flexibility index (Phi) is 3.42. The van der Waals surface area contributed by atoms with Crippen molar-refractivity contribution in [3.05, 3.63) is 59.8 Å². The highest BCUT2D eigenvalue weighted by Gasteiger charge is 2.38. The number of carbonyl (C=O) groups is 1. The molecule has 0 saturated heterocycles. The summed E-state index contributed by atoms with van der Waals surface area (Å²) < 4.78 is 11.9. The zero-order chi connectivity index (χ0) is 17.7. The van der Waals surface area contributed by atoms with E-state index in [9.17, 15) is 4.79 Å². The van der Waals surface area contributed by atoms with Crippen molar-refractivity contribution in [3.8, 4) is 11.5 Å². The van der Waals surface area contributed by atoms with Crippen LogP contribution in [0.2, 0.25) is 0 Å². The molecular formula is C21H20N2O3. The van der Waals surface area contributed by atoms with Crippen molar-refractivity contribution in [2.75, 3.05) is 6.54 Å². The Bertz CT molecular complexity index is 994. The number of aromatic amines is 1. The lowest BCUT2D eigenvalue weighted by Crippen LogP contribution is -2.51. The van der Waals surface area contributed by atoms with E-state index in [0.717, 1.165) is 11.9 Å². The summed E-state index contributed by atoms with van der Waals surface area (Å²) in [6, 6.07) is 15.8. The molecule has 1 amide bonds. The number of benzene rings is 2. The highest BCUT2D eigenvalue weighted by Crippen LogP contribution is 2.35. The number of rotatable bonds is 1. The maximum absolute atomic E-state index is 13.2. The zero-order valence-electron chi connectivity index (χ0n) is 14.6. The minimum Gasteiger partial charge on any atom is -0.482 e. The van der Waals surface area contributed by atoms with Crippen molar-refractivity contribution < 1.29 is 14.3 Å². The Labute approximate surface area is 151 Å². The number of hydrogen-bond acceptors (Lipinski definition) is 3. The van der Waals surface area contributed by atoms with E-state index >= 15 is 0 Å². The van der Waals surface area contributed by atoms with Crippen LogP contribution < -0.4 is 9.47 Å². The highest BCUT2D eigenvalue weighted by molar-refractivity contribution is 5.87. The van der Waals surface area contributed by atoms with E-state index in [1.165, 1.54) is 16.6 Å². The number of H-pyrrole nitrogens is 1. The molecule has 2 aliphatic heterocycles. The molecule has 5 rings (SSSR count). The molecule has 132 valence electrons. The quantitative estimate of drug-likeness (QED) is 0.734. The van der Waals surface area contributed by atoms with Crippen LogP contribution in [0.5, 0.6) is 11.5 Å². The van der Waals surface area contributed by atoms with Gasteiger partial charge in [0.2, 0.25) is 6.10 Å². The lowest BCUT2D eigenvalue weighted by Gasteiger charge is -2.35. The number of para-hydroxylation sites is 3. The molecule has 3 heterocycles. The van der Waals surface area contributed by atoms with Crippen LogP contribution in [-0.4, -0.2) is 34.5 Å². The average molecular weight is 348 g/mol. The number of aromatic nitrogens is 1. The summed E-state index contributed by atoms with van der Waals surface area (Å²) >= 11 is 0. The van der Waals surface area contributed by atoms with Gasteiger partial charge in [0.05, 0.1) is 0 Å². The van der Waals surface area contributed by atoms with Gasteiger partial charge in [-0.3, -0.25) is 4.79 Å². The van der Waals surface area contributed by atoms with E-state index in [1.54, 1.807) is 0 Å². The molecule has 0 saturated carbocycles. The van der Waals surface area contributed by atoms with E-state index < -0.39 is 6.10 Å². The molecule has 5 heteroatoms. The van der Waals surface area contributed by atoms with E-state index in [1.807, 2.05) is 48.2 Å². The van der Waals surface area contributed by atoms with Crippen molar-refractivity contribution >= 4 is 16.8 Å². The summed E-state index contributed by atoms with van der Waals surface area (Å²) in [6.07, 6.45) is -0.104. The van der Waals surface area contributed by atoms with E-state index in [4.69, 9.17) is 9.47 Å². The third-order valence-electron chi connectivity index (χ3n) is 5.28. The maximum Gasteiger partial charge on any atom is 0.267 e. The first-order valence-corrected chi connectivity index (χ1v) is 9.00. The Morgan fingerprint density at radius 3 is 2.65 bits per heavy atom. The number of carbonyl (C=O) groups excluding carboxylic acids is 1. The zero-order valence-corrected chi connectivity index (χ0v) is 14.6. The average Bonchev–Trinajstić information content (AvgIpc) is 3.05. The maximum atomic E-state index is 13.2. The fraction of sp³-hybridized carbons (Fsp3) is 0.286. The Hall–Kier alpha value is -2.95. The minimum atomic E-state index is -0.614. The molecule has 1 N–H and O–H groups in total. The van der Waals surface area contributed by atoms with E-state index in [0.29, 0.717) is 24.6 Å². The number of nitrogens with one attached hydrogen (secondary N) is 1.